The summed E-state index contributed by atoms with van der Waals surface area (Å²) in [7, 11) is 0. The fraction of sp³-hybridized carbons (Fsp3) is 0.250. The molecule has 0 aliphatic heterocycles. The molecule has 1 aromatic heterocycles. The fourth-order valence-corrected chi connectivity index (χ4v) is 1.92. The van der Waals surface area contributed by atoms with Crippen molar-refractivity contribution >= 4 is 0 Å². The summed E-state index contributed by atoms with van der Waals surface area (Å²) in [6.07, 6.45) is 1.64. The SMILES string of the molecule is Cc1ccc([C@@H](C)NCc2cccnc2C#N)cc1. The number of hydrogen-bond donors (Lipinski definition) is 1. The van der Waals surface area contributed by atoms with Crippen molar-refractivity contribution in [2.24, 2.45) is 0 Å². The van der Waals surface area contributed by atoms with Gasteiger partial charge in [-0.2, -0.15) is 5.26 Å². The van der Waals surface area contributed by atoms with Crippen LogP contribution in [0, 0.1) is 18.3 Å². The van der Waals surface area contributed by atoms with Crippen LogP contribution in [0.3, 0.4) is 0 Å². The van der Waals surface area contributed by atoms with E-state index in [0.717, 1.165) is 5.56 Å². The molecule has 1 heterocycles. The number of pyridine rings is 1. The van der Waals surface area contributed by atoms with Crippen LogP contribution in [0.25, 0.3) is 0 Å². The summed E-state index contributed by atoms with van der Waals surface area (Å²) in [5.41, 5.74) is 3.93. The third kappa shape index (κ3) is 3.40. The molecule has 0 aliphatic carbocycles. The lowest BCUT2D eigenvalue weighted by Gasteiger charge is -2.14. The van der Waals surface area contributed by atoms with E-state index in [2.05, 4.69) is 54.5 Å². The monoisotopic (exact) mass is 251 g/mol. The molecule has 1 aromatic carbocycles. The van der Waals surface area contributed by atoms with Crippen LogP contribution in [0.1, 0.15) is 35.3 Å². The van der Waals surface area contributed by atoms with Crippen LogP contribution in [-0.2, 0) is 6.54 Å². The van der Waals surface area contributed by atoms with Crippen molar-refractivity contribution in [3.63, 3.8) is 0 Å². The van der Waals surface area contributed by atoms with Crippen molar-refractivity contribution in [2.75, 3.05) is 0 Å². The molecule has 0 amide bonds. The predicted molar refractivity (Wildman–Crippen MR) is 75.4 cm³/mol. The second kappa shape index (κ2) is 6.12. The number of nitrogens with zero attached hydrogens (tertiary/aromatic N) is 2. The lowest BCUT2D eigenvalue weighted by Crippen LogP contribution is -2.18. The van der Waals surface area contributed by atoms with E-state index in [0.29, 0.717) is 12.2 Å². The van der Waals surface area contributed by atoms with E-state index in [-0.39, 0.29) is 6.04 Å². The quantitative estimate of drug-likeness (QED) is 0.908. The highest BCUT2D eigenvalue weighted by molar-refractivity contribution is 5.30. The van der Waals surface area contributed by atoms with Gasteiger partial charge in [0.25, 0.3) is 0 Å². The number of nitrogens with one attached hydrogen (secondary N) is 1. The standard InChI is InChI=1S/C16H17N3/c1-12-5-7-14(8-6-12)13(2)19-11-15-4-3-9-18-16(15)10-17/h3-9,13,19H,11H2,1-2H3/t13-/m1/s1. The molecule has 0 radical (unpaired) electrons. The second-order valence-corrected chi connectivity index (χ2v) is 4.64. The molecule has 96 valence electrons. The molecule has 1 atom stereocenters. The molecule has 3 nitrogen and oxygen atoms in total. The topological polar surface area (TPSA) is 48.7 Å². The van der Waals surface area contributed by atoms with Gasteiger partial charge in [0, 0.05) is 24.3 Å². The van der Waals surface area contributed by atoms with Gasteiger partial charge in [0.15, 0.2) is 0 Å². The zero-order chi connectivity index (χ0) is 13.7. The average molecular weight is 251 g/mol. The van der Waals surface area contributed by atoms with Gasteiger partial charge >= 0.3 is 0 Å². The molecule has 0 fully saturated rings. The number of aryl methyl sites for hydroxylation is 1. The van der Waals surface area contributed by atoms with Gasteiger partial charge in [-0.05, 0) is 25.5 Å². The summed E-state index contributed by atoms with van der Waals surface area (Å²) >= 11 is 0. The van der Waals surface area contributed by atoms with E-state index in [1.807, 2.05) is 12.1 Å². The minimum absolute atomic E-state index is 0.243. The summed E-state index contributed by atoms with van der Waals surface area (Å²) in [5.74, 6) is 0. The van der Waals surface area contributed by atoms with Gasteiger partial charge in [0.05, 0.1) is 0 Å². The largest absolute Gasteiger partial charge is 0.306 e. The lowest BCUT2D eigenvalue weighted by atomic mass is 10.1. The van der Waals surface area contributed by atoms with E-state index in [9.17, 15) is 0 Å². The predicted octanol–water partition coefficient (Wildman–Crippen LogP) is 3.11. The van der Waals surface area contributed by atoms with Crippen molar-refractivity contribution in [3.8, 4) is 6.07 Å². The van der Waals surface area contributed by atoms with Crippen LogP contribution in [0.4, 0.5) is 0 Å². The van der Waals surface area contributed by atoms with Crippen molar-refractivity contribution in [2.45, 2.75) is 26.4 Å². The molecule has 0 bridgehead atoms. The molecule has 0 saturated carbocycles. The Morgan fingerprint density at radius 2 is 2.00 bits per heavy atom. The Balaban J connectivity index is 2.02. The van der Waals surface area contributed by atoms with Gasteiger partial charge in [-0.25, -0.2) is 4.98 Å². The Kier molecular flexibility index (Phi) is 4.27. The first-order valence-corrected chi connectivity index (χ1v) is 6.34. The van der Waals surface area contributed by atoms with Gasteiger partial charge in [-0.3, -0.25) is 0 Å². The summed E-state index contributed by atoms with van der Waals surface area (Å²) in [5, 5.41) is 12.4. The smallest absolute Gasteiger partial charge is 0.144 e. The summed E-state index contributed by atoms with van der Waals surface area (Å²) in [4.78, 5) is 4.06. The van der Waals surface area contributed by atoms with Crippen LogP contribution in [0.5, 0.6) is 0 Å². The molecule has 2 aromatic rings. The van der Waals surface area contributed by atoms with E-state index in [4.69, 9.17) is 5.26 Å². The van der Waals surface area contributed by atoms with Crippen molar-refractivity contribution < 1.29 is 0 Å². The summed E-state index contributed by atoms with van der Waals surface area (Å²) < 4.78 is 0. The van der Waals surface area contributed by atoms with E-state index in [1.54, 1.807) is 6.20 Å². The first-order valence-electron chi connectivity index (χ1n) is 6.34. The minimum Gasteiger partial charge on any atom is -0.306 e. The van der Waals surface area contributed by atoms with Gasteiger partial charge in [-0.1, -0.05) is 35.9 Å². The first-order chi connectivity index (χ1) is 9.20. The van der Waals surface area contributed by atoms with Crippen molar-refractivity contribution in [1.29, 1.82) is 5.26 Å². The third-order valence-electron chi connectivity index (χ3n) is 3.17. The number of rotatable bonds is 4. The molecule has 0 unspecified atom stereocenters. The Hall–Kier alpha value is -2.18. The minimum atomic E-state index is 0.243. The highest BCUT2D eigenvalue weighted by Gasteiger charge is 2.07. The normalized spacial score (nSPS) is 11.8. The number of hydrogen-bond acceptors (Lipinski definition) is 3. The molecule has 0 spiro atoms. The fourth-order valence-electron chi connectivity index (χ4n) is 1.92. The summed E-state index contributed by atoms with van der Waals surface area (Å²) in [6, 6.07) is 14.6. The van der Waals surface area contributed by atoms with Crippen LogP contribution in [0.2, 0.25) is 0 Å². The number of benzene rings is 1. The van der Waals surface area contributed by atoms with Gasteiger partial charge in [0.1, 0.15) is 11.8 Å². The zero-order valence-corrected chi connectivity index (χ0v) is 11.2. The Morgan fingerprint density at radius 1 is 1.26 bits per heavy atom. The average Bonchev–Trinajstić information content (AvgIpc) is 2.45. The lowest BCUT2D eigenvalue weighted by molar-refractivity contribution is 0.573. The molecular weight excluding hydrogens is 234 g/mol. The molecule has 0 saturated heterocycles. The molecule has 3 heteroatoms. The molecule has 1 N–H and O–H groups in total. The highest BCUT2D eigenvalue weighted by atomic mass is 14.9. The third-order valence-corrected chi connectivity index (χ3v) is 3.17. The Labute approximate surface area is 113 Å². The number of aromatic nitrogens is 1. The van der Waals surface area contributed by atoms with Gasteiger partial charge in [-0.15, -0.1) is 0 Å². The maximum Gasteiger partial charge on any atom is 0.144 e. The maximum absolute atomic E-state index is 8.99. The maximum atomic E-state index is 8.99. The van der Waals surface area contributed by atoms with E-state index < -0.39 is 0 Å². The van der Waals surface area contributed by atoms with Crippen LogP contribution >= 0.6 is 0 Å². The second-order valence-electron chi connectivity index (χ2n) is 4.64. The first kappa shape index (κ1) is 13.3. The number of nitriles is 1. The van der Waals surface area contributed by atoms with Gasteiger partial charge in [0.2, 0.25) is 0 Å². The Morgan fingerprint density at radius 3 is 2.68 bits per heavy atom. The molecule has 0 aliphatic rings. The zero-order valence-electron chi connectivity index (χ0n) is 11.2. The van der Waals surface area contributed by atoms with Crippen LogP contribution in [0.15, 0.2) is 42.6 Å². The van der Waals surface area contributed by atoms with E-state index >= 15 is 0 Å². The van der Waals surface area contributed by atoms with Crippen LogP contribution in [-0.4, -0.2) is 4.98 Å². The van der Waals surface area contributed by atoms with Crippen LogP contribution < -0.4 is 5.32 Å². The Bertz CT molecular complexity index is 582. The molecule has 19 heavy (non-hydrogen) atoms. The van der Waals surface area contributed by atoms with Crippen molar-refractivity contribution in [3.05, 3.63) is 65.0 Å². The van der Waals surface area contributed by atoms with Gasteiger partial charge < -0.3 is 5.32 Å². The summed E-state index contributed by atoms with van der Waals surface area (Å²) in [6.45, 7) is 4.84. The van der Waals surface area contributed by atoms with E-state index in [1.165, 1.54) is 11.1 Å². The van der Waals surface area contributed by atoms with Crippen molar-refractivity contribution in [1.82, 2.24) is 10.3 Å². The highest BCUT2D eigenvalue weighted by Crippen LogP contribution is 2.14. The molecule has 2 rings (SSSR count). The molecular formula is C16H17N3.